The van der Waals surface area contributed by atoms with Crippen LogP contribution in [0.15, 0.2) is 42.9 Å². The van der Waals surface area contributed by atoms with Crippen molar-refractivity contribution in [1.29, 1.82) is 0 Å². The van der Waals surface area contributed by atoms with E-state index >= 15 is 0 Å². The number of nitrogens with zero attached hydrogens (tertiary/aromatic N) is 3. The number of anilines is 2. The maximum Gasteiger partial charge on any atom is 0.125 e. The molecule has 3 aromatic rings. The topological polar surface area (TPSA) is 76.7 Å². The normalized spacial score (nSPS) is 10.7. The largest absolute Gasteiger partial charge is 0.398 e. The van der Waals surface area contributed by atoms with Gasteiger partial charge in [-0.15, -0.1) is 0 Å². The smallest absolute Gasteiger partial charge is 0.125 e. The van der Waals surface area contributed by atoms with Crippen molar-refractivity contribution in [3.63, 3.8) is 0 Å². The summed E-state index contributed by atoms with van der Waals surface area (Å²) in [4.78, 5) is 12.6. The van der Waals surface area contributed by atoms with E-state index in [0.29, 0.717) is 6.54 Å². The zero-order chi connectivity index (χ0) is 13.9. The summed E-state index contributed by atoms with van der Waals surface area (Å²) < 4.78 is 0. The molecule has 5 heteroatoms. The number of aromatic nitrogens is 3. The molecule has 1 aromatic carbocycles. The third kappa shape index (κ3) is 2.38. The summed E-state index contributed by atoms with van der Waals surface area (Å²) in [5.41, 5.74) is 8.68. The van der Waals surface area contributed by atoms with Gasteiger partial charge >= 0.3 is 0 Å². The number of benzene rings is 1. The molecule has 0 atom stereocenters. The second-order valence-corrected chi connectivity index (χ2v) is 4.57. The van der Waals surface area contributed by atoms with Crippen LogP contribution >= 0.6 is 0 Å². The number of nitrogens with one attached hydrogen (secondary N) is 1. The maximum absolute atomic E-state index is 5.98. The van der Waals surface area contributed by atoms with E-state index in [1.165, 1.54) is 0 Å². The van der Waals surface area contributed by atoms with Crippen LogP contribution in [0.4, 0.5) is 11.4 Å². The van der Waals surface area contributed by atoms with Gasteiger partial charge in [-0.25, -0.2) is 9.97 Å². The molecular formula is C15H15N5. The van der Waals surface area contributed by atoms with Gasteiger partial charge in [0.1, 0.15) is 5.82 Å². The van der Waals surface area contributed by atoms with Crippen molar-refractivity contribution in [3.05, 3.63) is 54.4 Å². The van der Waals surface area contributed by atoms with Crippen LogP contribution in [0.25, 0.3) is 10.8 Å². The fourth-order valence-electron chi connectivity index (χ4n) is 2.16. The number of rotatable bonds is 3. The van der Waals surface area contributed by atoms with Crippen LogP contribution in [0.1, 0.15) is 11.5 Å². The molecule has 0 spiro atoms. The minimum atomic E-state index is 0.636. The molecule has 0 aliphatic heterocycles. The van der Waals surface area contributed by atoms with Crippen LogP contribution in [0.2, 0.25) is 0 Å². The Hall–Kier alpha value is -2.69. The van der Waals surface area contributed by atoms with Gasteiger partial charge in [0, 0.05) is 40.7 Å². The van der Waals surface area contributed by atoms with Crippen molar-refractivity contribution in [3.8, 4) is 0 Å². The Balaban J connectivity index is 1.90. The highest BCUT2D eigenvalue weighted by molar-refractivity contribution is 6.00. The summed E-state index contributed by atoms with van der Waals surface area (Å²) in [7, 11) is 0. The highest BCUT2D eigenvalue weighted by Gasteiger charge is 2.04. The molecule has 0 saturated heterocycles. The van der Waals surface area contributed by atoms with E-state index in [4.69, 9.17) is 5.73 Å². The number of nitrogen functional groups attached to an aromatic ring is 1. The summed E-state index contributed by atoms with van der Waals surface area (Å²) in [6, 6.07) is 7.69. The van der Waals surface area contributed by atoms with Gasteiger partial charge in [0.05, 0.1) is 12.2 Å². The van der Waals surface area contributed by atoms with Crippen LogP contribution in [-0.2, 0) is 6.54 Å². The fraction of sp³-hybridized carbons (Fsp3) is 0.133. The SMILES string of the molecule is Cc1nccc(CNc2ccc(N)c3ccncc23)n1. The second-order valence-electron chi connectivity index (χ2n) is 4.57. The molecule has 100 valence electrons. The molecular weight excluding hydrogens is 250 g/mol. The number of nitrogens with two attached hydrogens (primary N) is 1. The van der Waals surface area contributed by atoms with Crippen LogP contribution in [0.3, 0.4) is 0 Å². The molecule has 5 nitrogen and oxygen atoms in total. The van der Waals surface area contributed by atoms with Gasteiger partial charge in [-0.2, -0.15) is 0 Å². The van der Waals surface area contributed by atoms with E-state index in [1.807, 2.05) is 37.4 Å². The molecule has 3 N–H and O–H groups in total. The molecule has 0 bridgehead atoms. The third-order valence-corrected chi connectivity index (χ3v) is 3.15. The first-order chi connectivity index (χ1) is 9.74. The Labute approximate surface area is 116 Å². The van der Waals surface area contributed by atoms with E-state index in [1.54, 1.807) is 12.4 Å². The van der Waals surface area contributed by atoms with Gasteiger partial charge in [0.2, 0.25) is 0 Å². The number of aryl methyl sites for hydroxylation is 1. The molecule has 0 fully saturated rings. The monoisotopic (exact) mass is 265 g/mol. The van der Waals surface area contributed by atoms with Crippen molar-refractivity contribution >= 4 is 22.1 Å². The molecule has 2 heterocycles. The predicted octanol–water partition coefficient (Wildman–Crippen LogP) is 2.53. The Morgan fingerprint density at radius 2 is 2.00 bits per heavy atom. The lowest BCUT2D eigenvalue weighted by Gasteiger charge is -2.10. The summed E-state index contributed by atoms with van der Waals surface area (Å²) in [6.45, 7) is 2.52. The Morgan fingerprint density at radius 3 is 2.85 bits per heavy atom. The average molecular weight is 265 g/mol. The van der Waals surface area contributed by atoms with Gasteiger partial charge in [-0.3, -0.25) is 4.98 Å². The molecule has 0 aliphatic rings. The minimum Gasteiger partial charge on any atom is -0.398 e. The zero-order valence-electron chi connectivity index (χ0n) is 11.2. The minimum absolute atomic E-state index is 0.636. The highest BCUT2D eigenvalue weighted by atomic mass is 14.9. The summed E-state index contributed by atoms with van der Waals surface area (Å²) in [6.07, 6.45) is 5.33. The van der Waals surface area contributed by atoms with E-state index < -0.39 is 0 Å². The van der Waals surface area contributed by atoms with Gasteiger partial charge < -0.3 is 11.1 Å². The lowest BCUT2D eigenvalue weighted by molar-refractivity contribution is 0.956. The maximum atomic E-state index is 5.98. The Bertz CT molecular complexity index is 754. The van der Waals surface area contributed by atoms with Crippen LogP contribution in [0, 0.1) is 6.92 Å². The lowest BCUT2D eigenvalue weighted by Crippen LogP contribution is -2.04. The average Bonchev–Trinajstić information content (AvgIpc) is 2.47. The molecule has 20 heavy (non-hydrogen) atoms. The third-order valence-electron chi connectivity index (χ3n) is 3.15. The van der Waals surface area contributed by atoms with Crippen molar-refractivity contribution < 1.29 is 0 Å². The number of hydrogen-bond donors (Lipinski definition) is 2. The Morgan fingerprint density at radius 1 is 1.10 bits per heavy atom. The van der Waals surface area contributed by atoms with Crippen molar-refractivity contribution in [1.82, 2.24) is 15.0 Å². The van der Waals surface area contributed by atoms with E-state index in [-0.39, 0.29) is 0 Å². The molecule has 2 aromatic heterocycles. The number of hydrogen-bond acceptors (Lipinski definition) is 5. The number of fused-ring (bicyclic) bond motifs is 1. The quantitative estimate of drug-likeness (QED) is 0.712. The van der Waals surface area contributed by atoms with Crippen LogP contribution < -0.4 is 11.1 Å². The first kappa shape index (κ1) is 12.3. The van der Waals surface area contributed by atoms with Gasteiger partial charge in [0.15, 0.2) is 0 Å². The predicted molar refractivity (Wildman–Crippen MR) is 80.3 cm³/mol. The van der Waals surface area contributed by atoms with Gasteiger partial charge in [0.25, 0.3) is 0 Å². The second kappa shape index (κ2) is 5.13. The summed E-state index contributed by atoms with van der Waals surface area (Å²) in [5.74, 6) is 0.771. The summed E-state index contributed by atoms with van der Waals surface area (Å²) >= 11 is 0. The first-order valence-corrected chi connectivity index (χ1v) is 6.38. The lowest BCUT2D eigenvalue weighted by atomic mass is 10.1. The fourth-order valence-corrected chi connectivity index (χ4v) is 2.16. The Kier molecular flexibility index (Phi) is 3.16. The van der Waals surface area contributed by atoms with E-state index in [0.717, 1.165) is 33.7 Å². The molecule has 0 unspecified atom stereocenters. The zero-order valence-corrected chi connectivity index (χ0v) is 11.2. The van der Waals surface area contributed by atoms with E-state index in [2.05, 4.69) is 20.3 Å². The first-order valence-electron chi connectivity index (χ1n) is 6.38. The van der Waals surface area contributed by atoms with Gasteiger partial charge in [-0.05, 0) is 31.2 Å². The van der Waals surface area contributed by atoms with Crippen LogP contribution in [0.5, 0.6) is 0 Å². The van der Waals surface area contributed by atoms with Crippen molar-refractivity contribution in [2.24, 2.45) is 0 Å². The molecule has 0 amide bonds. The van der Waals surface area contributed by atoms with E-state index in [9.17, 15) is 0 Å². The van der Waals surface area contributed by atoms with Crippen molar-refractivity contribution in [2.45, 2.75) is 13.5 Å². The number of pyridine rings is 1. The van der Waals surface area contributed by atoms with Gasteiger partial charge in [-0.1, -0.05) is 0 Å². The standard InChI is InChI=1S/C15H15N5/c1-10-18-7-4-11(20-10)8-19-15-3-2-14(16)12-5-6-17-9-13(12)15/h2-7,9,19H,8,16H2,1H3. The molecule has 0 aliphatic carbocycles. The molecule has 0 saturated carbocycles. The highest BCUT2D eigenvalue weighted by Crippen LogP contribution is 2.27. The molecule has 0 radical (unpaired) electrons. The summed E-state index contributed by atoms with van der Waals surface area (Å²) in [5, 5.41) is 5.39. The van der Waals surface area contributed by atoms with Crippen molar-refractivity contribution in [2.75, 3.05) is 11.1 Å². The molecule has 3 rings (SSSR count). The van der Waals surface area contributed by atoms with Crippen LogP contribution in [-0.4, -0.2) is 15.0 Å².